The second-order valence-corrected chi connectivity index (χ2v) is 9.33. The topological polar surface area (TPSA) is 58.3 Å². The van der Waals surface area contributed by atoms with Gasteiger partial charge in [-0.3, -0.25) is 4.79 Å². The van der Waals surface area contributed by atoms with Gasteiger partial charge in [-0.05, 0) is 37.8 Å². The van der Waals surface area contributed by atoms with Gasteiger partial charge in [0.2, 0.25) is 0 Å². The minimum Gasteiger partial charge on any atom is -0.323 e. The Labute approximate surface area is 172 Å². The Morgan fingerprint density at radius 3 is 2.32 bits per heavy atom. The lowest BCUT2D eigenvalue weighted by molar-refractivity contribution is -1.02. The lowest BCUT2D eigenvalue weighted by Gasteiger charge is -2.31. The van der Waals surface area contributed by atoms with Crippen LogP contribution in [0.4, 0.5) is 4.79 Å². The summed E-state index contributed by atoms with van der Waals surface area (Å²) in [6, 6.07) is 7.80. The highest BCUT2D eigenvalue weighted by Gasteiger charge is 2.48. The van der Waals surface area contributed by atoms with Crippen molar-refractivity contribution in [3.8, 4) is 0 Å². The van der Waals surface area contributed by atoms with Gasteiger partial charge in [0.25, 0.3) is 5.91 Å². The zero-order valence-electron chi connectivity index (χ0n) is 17.2. The third-order valence-electron chi connectivity index (χ3n) is 5.98. The van der Waals surface area contributed by atoms with Crippen molar-refractivity contribution in [2.75, 3.05) is 32.8 Å². The van der Waals surface area contributed by atoms with Crippen LogP contribution in [0.15, 0.2) is 24.3 Å². The fourth-order valence-corrected chi connectivity index (χ4v) is 4.17. The van der Waals surface area contributed by atoms with Crippen LogP contribution in [0.5, 0.6) is 0 Å². The van der Waals surface area contributed by atoms with Crippen LogP contribution in [0, 0.1) is 5.92 Å². The molecule has 28 heavy (non-hydrogen) atoms. The second kappa shape index (κ2) is 8.80. The van der Waals surface area contributed by atoms with E-state index in [-0.39, 0.29) is 11.9 Å². The molecule has 2 aliphatic heterocycles. The van der Waals surface area contributed by atoms with Crippen molar-refractivity contribution in [2.45, 2.75) is 45.7 Å². The number of quaternary nitrogens is 2. The Morgan fingerprint density at radius 1 is 1.11 bits per heavy atom. The minimum absolute atomic E-state index is 0.0680. The van der Waals surface area contributed by atoms with E-state index in [9.17, 15) is 9.59 Å². The van der Waals surface area contributed by atoms with Crippen LogP contribution < -0.4 is 15.1 Å². The largest absolute Gasteiger partial charge is 0.329 e. The van der Waals surface area contributed by atoms with Crippen LogP contribution in [-0.4, -0.2) is 55.2 Å². The predicted molar refractivity (Wildman–Crippen MR) is 109 cm³/mol. The molecule has 6 nitrogen and oxygen atoms in total. The lowest BCUT2D eigenvalue weighted by atomic mass is 9.92. The van der Waals surface area contributed by atoms with Gasteiger partial charge >= 0.3 is 6.03 Å². The standard InChI is InChI=1S/C21H31ClN4O2/c1-16(2)8-9-21(3)19(27)26(20(28)23-21)15-25-12-10-24(11-13-25)14-17-4-6-18(22)7-5-17/h4-7,16H,8-15H2,1-3H3,(H,23,28)/p+2/t21-/m0/s1. The molecule has 0 radical (unpaired) electrons. The number of amides is 3. The summed E-state index contributed by atoms with van der Waals surface area (Å²) in [7, 11) is 0. The Hall–Kier alpha value is -1.63. The Morgan fingerprint density at radius 2 is 1.71 bits per heavy atom. The molecule has 3 N–H and O–H groups in total. The molecule has 3 rings (SSSR count). The van der Waals surface area contributed by atoms with Crippen LogP contribution in [0.25, 0.3) is 0 Å². The first-order valence-corrected chi connectivity index (χ1v) is 10.7. The summed E-state index contributed by atoms with van der Waals surface area (Å²) in [6.07, 6.45) is 1.62. The molecular formula is C21H33ClN4O2+2. The number of piperazine rings is 1. The molecule has 0 spiro atoms. The van der Waals surface area contributed by atoms with Crippen molar-refractivity contribution < 1.29 is 19.4 Å². The zero-order chi connectivity index (χ0) is 20.3. The molecule has 2 aliphatic rings. The van der Waals surface area contributed by atoms with Crippen LogP contribution in [0.3, 0.4) is 0 Å². The molecule has 1 atom stereocenters. The number of halogens is 1. The molecule has 0 bridgehead atoms. The van der Waals surface area contributed by atoms with Crippen LogP contribution in [0.2, 0.25) is 5.02 Å². The van der Waals surface area contributed by atoms with Crippen LogP contribution in [-0.2, 0) is 11.3 Å². The van der Waals surface area contributed by atoms with Crippen molar-refractivity contribution in [3.63, 3.8) is 0 Å². The highest BCUT2D eigenvalue weighted by atomic mass is 35.5. The summed E-state index contributed by atoms with van der Waals surface area (Å²) in [5.74, 6) is 0.444. The van der Waals surface area contributed by atoms with E-state index in [4.69, 9.17) is 11.6 Å². The van der Waals surface area contributed by atoms with E-state index >= 15 is 0 Å². The highest BCUT2D eigenvalue weighted by molar-refractivity contribution is 6.30. The number of carbonyl (C=O) groups is 2. The van der Waals surface area contributed by atoms with Gasteiger partial charge in [-0.25, -0.2) is 9.69 Å². The number of nitrogens with zero attached hydrogens (tertiary/aromatic N) is 1. The summed E-state index contributed by atoms with van der Waals surface area (Å²) in [5.41, 5.74) is 0.542. The van der Waals surface area contributed by atoms with E-state index in [0.29, 0.717) is 19.0 Å². The smallest absolute Gasteiger partial charge is 0.323 e. The monoisotopic (exact) mass is 408 g/mol. The van der Waals surface area contributed by atoms with Gasteiger partial charge in [0.05, 0.1) is 0 Å². The summed E-state index contributed by atoms with van der Waals surface area (Å²) in [6.45, 7) is 11.6. The quantitative estimate of drug-likeness (QED) is 0.569. The summed E-state index contributed by atoms with van der Waals surface area (Å²) in [4.78, 5) is 29.6. The number of imide groups is 1. The van der Waals surface area contributed by atoms with Crippen molar-refractivity contribution in [1.82, 2.24) is 10.2 Å². The number of hydrogen-bond acceptors (Lipinski definition) is 2. The van der Waals surface area contributed by atoms with Crippen LogP contribution >= 0.6 is 11.6 Å². The molecule has 2 saturated heterocycles. The molecule has 2 fully saturated rings. The molecule has 2 heterocycles. The molecule has 1 aromatic carbocycles. The Balaban J connectivity index is 1.49. The van der Waals surface area contributed by atoms with Gasteiger partial charge < -0.3 is 15.1 Å². The fourth-order valence-electron chi connectivity index (χ4n) is 4.04. The normalized spacial score (nSPS) is 28.1. The van der Waals surface area contributed by atoms with E-state index in [1.54, 1.807) is 0 Å². The number of nitrogens with one attached hydrogen (secondary N) is 3. The van der Waals surface area contributed by atoms with E-state index in [1.165, 1.54) is 20.3 Å². The summed E-state index contributed by atoms with van der Waals surface area (Å²) >= 11 is 5.96. The predicted octanol–water partition coefficient (Wildman–Crippen LogP) is 0.328. The minimum atomic E-state index is -0.748. The number of urea groups is 1. The number of benzene rings is 1. The average molecular weight is 409 g/mol. The molecule has 0 aromatic heterocycles. The maximum Gasteiger partial charge on any atom is 0.329 e. The molecule has 1 aromatic rings. The first-order chi connectivity index (χ1) is 13.3. The van der Waals surface area contributed by atoms with Gasteiger partial charge in [0.15, 0.2) is 6.67 Å². The van der Waals surface area contributed by atoms with E-state index in [2.05, 4.69) is 31.3 Å². The van der Waals surface area contributed by atoms with Crippen molar-refractivity contribution >= 4 is 23.5 Å². The Kier molecular flexibility index (Phi) is 6.63. The number of carbonyl (C=O) groups excluding carboxylic acids is 2. The lowest BCUT2D eigenvalue weighted by Crippen LogP contribution is -3.28. The summed E-state index contributed by atoms with van der Waals surface area (Å²) < 4.78 is 0. The first-order valence-electron chi connectivity index (χ1n) is 10.3. The van der Waals surface area contributed by atoms with Gasteiger partial charge in [-0.15, -0.1) is 0 Å². The van der Waals surface area contributed by atoms with Gasteiger partial charge in [-0.2, -0.15) is 0 Å². The highest BCUT2D eigenvalue weighted by Crippen LogP contribution is 2.24. The third-order valence-corrected chi connectivity index (χ3v) is 6.23. The van der Waals surface area contributed by atoms with Crippen molar-refractivity contribution in [3.05, 3.63) is 34.9 Å². The van der Waals surface area contributed by atoms with E-state index in [0.717, 1.165) is 44.2 Å². The van der Waals surface area contributed by atoms with Crippen molar-refractivity contribution in [1.29, 1.82) is 0 Å². The molecule has 154 valence electrons. The molecule has 3 amide bonds. The first kappa shape index (κ1) is 21.1. The molecule has 0 saturated carbocycles. The van der Waals surface area contributed by atoms with Gasteiger partial charge in [0, 0.05) is 10.6 Å². The maximum absolute atomic E-state index is 12.9. The van der Waals surface area contributed by atoms with Gasteiger partial charge in [0.1, 0.15) is 38.3 Å². The molecule has 0 unspecified atom stereocenters. The maximum atomic E-state index is 12.9. The summed E-state index contributed by atoms with van der Waals surface area (Å²) in [5, 5.41) is 3.69. The number of rotatable bonds is 7. The van der Waals surface area contributed by atoms with Crippen LogP contribution in [0.1, 0.15) is 39.2 Å². The average Bonchev–Trinajstić information content (AvgIpc) is 2.87. The zero-order valence-corrected chi connectivity index (χ0v) is 17.9. The fraction of sp³-hybridized carbons (Fsp3) is 0.619. The second-order valence-electron chi connectivity index (χ2n) is 8.89. The molecule has 7 heteroatoms. The molecule has 0 aliphatic carbocycles. The van der Waals surface area contributed by atoms with E-state index < -0.39 is 5.54 Å². The molecular weight excluding hydrogens is 376 g/mol. The number of hydrogen-bond donors (Lipinski definition) is 3. The Bertz CT molecular complexity index is 701. The van der Waals surface area contributed by atoms with Crippen molar-refractivity contribution in [2.24, 2.45) is 5.92 Å². The SMILES string of the molecule is CC(C)CC[C@]1(C)NC(=O)N(C[NH+]2CC[NH+](Cc3ccc(Cl)cc3)CC2)C1=O. The van der Waals surface area contributed by atoms with E-state index in [1.807, 2.05) is 19.1 Å². The van der Waals surface area contributed by atoms with Gasteiger partial charge in [-0.1, -0.05) is 37.6 Å². The third kappa shape index (κ3) is 5.04.